The summed E-state index contributed by atoms with van der Waals surface area (Å²) in [6, 6.07) is 11.7. The molecular formula is C17H13F2N3O. The SMILES string of the molecule is Cc1ccc(NC(=O)c2ccn(-c3ccc(F)cc3)n2)c(F)c1. The zero-order valence-electron chi connectivity index (χ0n) is 12.3. The van der Waals surface area contributed by atoms with E-state index < -0.39 is 11.7 Å². The largest absolute Gasteiger partial charge is 0.318 e. The van der Waals surface area contributed by atoms with Crippen LogP contribution in [0.5, 0.6) is 0 Å². The highest BCUT2D eigenvalue weighted by Gasteiger charge is 2.13. The van der Waals surface area contributed by atoms with Crippen molar-refractivity contribution in [1.29, 1.82) is 0 Å². The average Bonchev–Trinajstić information content (AvgIpc) is 3.01. The smallest absolute Gasteiger partial charge is 0.276 e. The summed E-state index contributed by atoms with van der Waals surface area (Å²) in [5, 5.41) is 6.59. The molecule has 0 radical (unpaired) electrons. The number of anilines is 1. The fourth-order valence-electron chi connectivity index (χ4n) is 2.09. The number of nitrogens with one attached hydrogen (secondary N) is 1. The molecule has 0 unspecified atom stereocenters. The van der Waals surface area contributed by atoms with Gasteiger partial charge in [0.2, 0.25) is 0 Å². The van der Waals surface area contributed by atoms with E-state index in [9.17, 15) is 13.6 Å². The van der Waals surface area contributed by atoms with Crippen molar-refractivity contribution in [1.82, 2.24) is 9.78 Å². The first-order chi connectivity index (χ1) is 11.0. The molecule has 0 aliphatic heterocycles. The number of aryl methyl sites for hydroxylation is 1. The maximum absolute atomic E-state index is 13.8. The highest BCUT2D eigenvalue weighted by molar-refractivity contribution is 6.02. The molecule has 0 aliphatic carbocycles. The number of hydrogen-bond donors (Lipinski definition) is 1. The molecule has 2 aromatic carbocycles. The number of benzene rings is 2. The predicted octanol–water partition coefficient (Wildman–Crippen LogP) is 3.71. The number of carbonyl (C=O) groups is 1. The highest BCUT2D eigenvalue weighted by Crippen LogP contribution is 2.16. The van der Waals surface area contributed by atoms with Gasteiger partial charge in [-0.05, 0) is 55.0 Å². The number of hydrogen-bond acceptors (Lipinski definition) is 2. The van der Waals surface area contributed by atoms with Gasteiger partial charge in [0.15, 0.2) is 5.69 Å². The Balaban J connectivity index is 1.79. The number of carbonyl (C=O) groups excluding carboxylic acids is 1. The standard InChI is InChI=1S/C17H13F2N3O/c1-11-2-7-15(14(19)10-11)20-17(23)16-8-9-22(21-16)13-5-3-12(18)4-6-13/h2-10H,1H3,(H,20,23). The number of halogens is 2. The topological polar surface area (TPSA) is 46.9 Å². The molecule has 0 atom stereocenters. The van der Waals surface area contributed by atoms with E-state index in [1.807, 2.05) is 0 Å². The van der Waals surface area contributed by atoms with E-state index in [1.54, 1.807) is 31.3 Å². The first-order valence-corrected chi connectivity index (χ1v) is 6.92. The molecule has 0 bridgehead atoms. The van der Waals surface area contributed by atoms with Crippen molar-refractivity contribution < 1.29 is 13.6 Å². The third-order valence-electron chi connectivity index (χ3n) is 3.29. The molecule has 1 N–H and O–H groups in total. The number of amides is 1. The van der Waals surface area contributed by atoms with Crippen LogP contribution in [0.4, 0.5) is 14.5 Å². The van der Waals surface area contributed by atoms with Crippen LogP contribution >= 0.6 is 0 Å². The summed E-state index contributed by atoms with van der Waals surface area (Å²) in [6.45, 7) is 1.76. The Morgan fingerprint density at radius 3 is 2.52 bits per heavy atom. The molecule has 0 spiro atoms. The van der Waals surface area contributed by atoms with Gasteiger partial charge in [-0.25, -0.2) is 13.5 Å². The number of rotatable bonds is 3. The van der Waals surface area contributed by atoms with Crippen LogP contribution in [0.1, 0.15) is 16.1 Å². The van der Waals surface area contributed by atoms with Gasteiger partial charge in [-0.1, -0.05) is 6.07 Å². The Kier molecular flexibility index (Phi) is 3.89. The molecule has 116 valence electrons. The molecule has 0 saturated carbocycles. The fourth-order valence-corrected chi connectivity index (χ4v) is 2.09. The Hall–Kier alpha value is -3.02. The van der Waals surface area contributed by atoms with Crippen molar-refractivity contribution in [3.05, 3.63) is 77.6 Å². The van der Waals surface area contributed by atoms with E-state index in [-0.39, 0.29) is 17.2 Å². The van der Waals surface area contributed by atoms with Gasteiger partial charge in [-0.15, -0.1) is 0 Å². The first kappa shape index (κ1) is 14.9. The van der Waals surface area contributed by atoms with E-state index >= 15 is 0 Å². The molecule has 3 rings (SSSR count). The summed E-state index contributed by atoms with van der Waals surface area (Å²) in [7, 11) is 0. The Morgan fingerprint density at radius 2 is 1.83 bits per heavy atom. The molecule has 1 aromatic heterocycles. The monoisotopic (exact) mass is 313 g/mol. The Bertz CT molecular complexity index is 857. The molecule has 1 amide bonds. The molecule has 0 saturated heterocycles. The predicted molar refractivity (Wildman–Crippen MR) is 82.6 cm³/mol. The van der Waals surface area contributed by atoms with Crippen LogP contribution in [-0.4, -0.2) is 15.7 Å². The van der Waals surface area contributed by atoms with Gasteiger partial charge < -0.3 is 5.32 Å². The molecule has 1 heterocycles. The third kappa shape index (κ3) is 3.26. The molecule has 3 aromatic rings. The van der Waals surface area contributed by atoms with Crippen LogP contribution < -0.4 is 5.32 Å². The van der Waals surface area contributed by atoms with E-state index in [1.165, 1.54) is 35.0 Å². The second-order valence-electron chi connectivity index (χ2n) is 5.06. The maximum Gasteiger partial charge on any atom is 0.276 e. The van der Waals surface area contributed by atoms with Crippen LogP contribution in [0.15, 0.2) is 54.7 Å². The normalized spacial score (nSPS) is 10.6. The Morgan fingerprint density at radius 1 is 1.09 bits per heavy atom. The molecule has 23 heavy (non-hydrogen) atoms. The number of nitrogens with zero attached hydrogens (tertiary/aromatic N) is 2. The highest BCUT2D eigenvalue weighted by atomic mass is 19.1. The minimum Gasteiger partial charge on any atom is -0.318 e. The van der Waals surface area contributed by atoms with Crippen molar-refractivity contribution in [3.8, 4) is 5.69 Å². The minimum absolute atomic E-state index is 0.0944. The lowest BCUT2D eigenvalue weighted by atomic mass is 10.2. The van der Waals surface area contributed by atoms with Gasteiger partial charge in [0.05, 0.1) is 11.4 Å². The lowest BCUT2D eigenvalue weighted by Gasteiger charge is -2.05. The van der Waals surface area contributed by atoms with Crippen LogP contribution in [-0.2, 0) is 0 Å². The summed E-state index contributed by atoms with van der Waals surface area (Å²) < 4.78 is 28.1. The van der Waals surface area contributed by atoms with E-state index in [0.29, 0.717) is 5.69 Å². The molecule has 0 aliphatic rings. The van der Waals surface area contributed by atoms with Crippen molar-refractivity contribution in [2.45, 2.75) is 6.92 Å². The molecule has 4 nitrogen and oxygen atoms in total. The van der Waals surface area contributed by atoms with Crippen LogP contribution in [0.25, 0.3) is 5.69 Å². The zero-order valence-corrected chi connectivity index (χ0v) is 12.3. The van der Waals surface area contributed by atoms with Crippen molar-refractivity contribution >= 4 is 11.6 Å². The van der Waals surface area contributed by atoms with E-state index in [2.05, 4.69) is 10.4 Å². The third-order valence-corrected chi connectivity index (χ3v) is 3.29. The van der Waals surface area contributed by atoms with Gasteiger partial charge in [-0.3, -0.25) is 4.79 Å². The van der Waals surface area contributed by atoms with Crippen LogP contribution in [0.3, 0.4) is 0 Å². The zero-order chi connectivity index (χ0) is 16.4. The van der Waals surface area contributed by atoms with Crippen LogP contribution in [0, 0.1) is 18.6 Å². The minimum atomic E-state index is -0.520. The Labute approximate surface area is 131 Å². The summed E-state index contributed by atoms with van der Waals surface area (Å²) in [6.07, 6.45) is 1.58. The summed E-state index contributed by atoms with van der Waals surface area (Å²) in [5.41, 5.74) is 1.61. The quantitative estimate of drug-likeness (QED) is 0.801. The van der Waals surface area contributed by atoms with Crippen LogP contribution in [0.2, 0.25) is 0 Å². The van der Waals surface area contributed by atoms with Crippen molar-refractivity contribution in [2.75, 3.05) is 5.32 Å². The van der Waals surface area contributed by atoms with Gasteiger partial charge in [-0.2, -0.15) is 5.10 Å². The number of aromatic nitrogens is 2. The van der Waals surface area contributed by atoms with Gasteiger partial charge >= 0.3 is 0 Å². The maximum atomic E-state index is 13.8. The second-order valence-corrected chi connectivity index (χ2v) is 5.06. The summed E-state index contributed by atoms with van der Waals surface area (Å²) in [4.78, 5) is 12.1. The van der Waals surface area contributed by atoms with E-state index in [0.717, 1.165) is 5.56 Å². The lowest BCUT2D eigenvalue weighted by Crippen LogP contribution is -2.14. The molecule has 0 fully saturated rings. The van der Waals surface area contributed by atoms with Gasteiger partial charge in [0.25, 0.3) is 5.91 Å². The van der Waals surface area contributed by atoms with Crippen molar-refractivity contribution in [3.63, 3.8) is 0 Å². The molecular weight excluding hydrogens is 300 g/mol. The van der Waals surface area contributed by atoms with Crippen molar-refractivity contribution in [2.24, 2.45) is 0 Å². The average molecular weight is 313 g/mol. The van der Waals surface area contributed by atoms with Gasteiger partial charge in [0.1, 0.15) is 11.6 Å². The molecule has 6 heteroatoms. The van der Waals surface area contributed by atoms with Gasteiger partial charge in [0, 0.05) is 6.20 Å². The fraction of sp³-hybridized carbons (Fsp3) is 0.0588. The first-order valence-electron chi connectivity index (χ1n) is 6.92. The lowest BCUT2D eigenvalue weighted by molar-refractivity contribution is 0.102. The second kappa shape index (κ2) is 6.00. The summed E-state index contributed by atoms with van der Waals surface area (Å²) in [5.74, 6) is -1.38. The summed E-state index contributed by atoms with van der Waals surface area (Å²) >= 11 is 0. The van der Waals surface area contributed by atoms with E-state index in [4.69, 9.17) is 0 Å².